The van der Waals surface area contributed by atoms with Gasteiger partial charge in [0.15, 0.2) is 0 Å². The van der Waals surface area contributed by atoms with E-state index in [0.29, 0.717) is 11.8 Å². The van der Waals surface area contributed by atoms with Crippen molar-refractivity contribution in [2.45, 2.75) is 122 Å². The Morgan fingerprint density at radius 1 is 0.848 bits per heavy atom. The Bertz CT molecular complexity index is 760. The second-order valence-electron chi connectivity index (χ2n) is 12.9. The van der Waals surface area contributed by atoms with Gasteiger partial charge in [-0.3, -0.25) is 0 Å². The van der Waals surface area contributed by atoms with Gasteiger partial charge in [-0.2, -0.15) is 0 Å². The zero-order valence-electron chi connectivity index (χ0n) is 21.1. The molecular formula is C31H46O2. The van der Waals surface area contributed by atoms with Gasteiger partial charge in [-0.1, -0.05) is 58.1 Å². The summed E-state index contributed by atoms with van der Waals surface area (Å²) in [5, 5.41) is 0. The van der Waals surface area contributed by atoms with Gasteiger partial charge in [-0.05, 0) is 111 Å². The SMILES string of the molecule is CCC(C)c1ccc(OC(OC23CC4CC(CC(C4)C2)C3)C2CCCC3CCCCC32)cc1. The molecule has 1 aromatic rings. The highest BCUT2D eigenvalue weighted by Crippen LogP contribution is 2.58. The maximum absolute atomic E-state index is 7.32. The Morgan fingerprint density at radius 2 is 1.48 bits per heavy atom. The summed E-state index contributed by atoms with van der Waals surface area (Å²) in [6, 6.07) is 9.02. The van der Waals surface area contributed by atoms with Crippen LogP contribution in [0, 0.1) is 35.5 Å². The molecule has 7 rings (SSSR count). The Labute approximate surface area is 202 Å². The fraction of sp³-hybridized carbons (Fsp3) is 0.806. The van der Waals surface area contributed by atoms with Crippen LogP contribution in [0.15, 0.2) is 24.3 Å². The minimum atomic E-state index is -0.0541. The molecule has 0 aliphatic heterocycles. The Balaban J connectivity index is 1.26. The third kappa shape index (κ3) is 4.51. The van der Waals surface area contributed by atoms with Crippen molar-refractivity contribution in [2.75, 3.05) is 0 Å². The summed E-state index contributed by atoms with van der Waals surface area (Å²) in [5.41, 5.74) is 1.53. The minimum Gasteiger partial charge on any atom is -0.465 e. The van der Waals surface area contributed by atoms with Crippen LogP contribution < -0.4 is 4.74 Å². The lowest BCUT2D eigenvalue weighted by Gasteiger charge is -2.57. The van der Waals surface area contributed by atoms with Gasteiger partial charge in [-0.25, -0.2) is 0 Å². The topological polar surface area (TPSA) is 18.5 Å². The molecule has 1 aromatic carbocycles. The normalized spacial score (nSPS) is 41.4. The highest BCUT2D eigenvalue weighted by molar-refractivity contribution is 5.29. The van der Waals surface area contributed by atoms with Gasteiger partial charge in [0.2, 0.25) is 6.29 Å². The van der Waals surface area contributed by atoms with Crippen LogP contribution in [0.3, 0.4) is 0 Å². The highest BCUT2D eigenvalue weighted by Gasteiger charge is 2.54. The molecule has 0 heterocycles. The van der Waals surface area contributed by atoms with Crippen LogP contribution >= 0.6 is 0 Å². The van der Waals surface area contributed by atoms with Gasteiger partial charge >= 0.3 is 0 Å². The summed E-state index contributed by atoms with van der Waals surface area (Å²) in [6.07, 6.45) is 19.2. The molecule has 0 aromatic heterocycles. The van der Waals surface area contributed by atoms with Crippen molar-refractivity contribution in [3.05, 3.63) is 29.8 Å². The van der Waals surface area contributed by atoms with E-state index in [9.17, 15) is 0 Å². The molecule has 2 heteroatoms. The van der Waals surface area contributed by atoms with Crippen molar-refractivity contribution in [3.8, 4) is 5.75 Å². The molecule has 6 saturated carbocycles. The summed E-state index contributed by atoms with van der Waals surface area (Å²) < 4.78 is 14.2. The minimum absolute atomic E-state index is 0.0541. The smallest absolute Gasteiger partial charge is 0.203 e. The van der Waals surface area contributed by atoms with E-state index in [1.807, 2.05) is 0 Å². The lowest BCUT2D eigenvalue weighted by molar-refractivity contribution is -0.257. The first-order chi connectivity index (χ1) is 16.1. The first-order valence-corrected chi connectivity index (χ1v) is 14.6. The summed E-state index contributed by atoms with van der Waals surface area (Å²) in [6.45, 7) is 4.59. The van der Waals surface area contributed by atoms with Crippen molar-refractivity contribution in [1.82, 2.24) is 0 Å². The summed E-state index contributed by atoms with van der Waals surface area (Å²) in [4.78, 5) is 0. The van der Waals surface area contributed by atoms with Gasteiger partial charge in [0.05, 0.1) is 5.60 Å². The maximum atomic E-state index is 7.32. The zero-order chi connectivity index (χ0) is 22.4. The molecule has 6 aliphatic rings. The molecule has 33 heavy (non-hydrogen) atoms. The number of benzene rings is 1. The van der Waals surface area contributed by atoms with Gasteiger partial charge < -0.3 is 9.47 Å². The third-order valence-corrected chi connectivity index (χ3v) is 10.6. The molecule has 5 atom stereocenters. The lowest BCUT2D eigenvalue weighted by atomic mass is 9.54. The van der Waals surface area contributed by atoms with Crippen LogP contribution in [0.5, 0.6) is 5.75 Å². The molecule has 0 radical (unpaired) electrons. The van der Waals surface area contributed by atoms with Gasteiger partial charge in [0.25, 0.3) is 0 Å². The molecule has 0 spiro atoms. The maximum Gasteiger partial charge on any atom is 0.203 e. The van der Waals surface area contributed by atoms with Crippen LogP contribution in [0.25, 0.3) is 0 Å². The molecule has 182 valence electrons. The Hall–Kier alpha value is -1.02. The predicted octanol–water partition coefficient (Wildman–Crippen LogP) is 8.50. The van der Waals surface area contributed by atoms with E-state index in [4.69, 9.17) is 9.47 Å². The fourth-order valence-electron chi connectivity index (χ4n) is 9.19. The highest BCUT2D eigenvalue weighted by atomic mass is 16.7. The van der Waals surface area contributed by atoms with Crippen molar-refractivity contribution in [2.24, 2.45) is 35.5 Å². The van der Waals surface area contributed by atoms with Crippen molar-refractivity contribution < 1.29 is 9.47 Å². The van der Waals surface area contributed by atoms with E-state index in [1.165, 1.54) is 95.5 Å². The molecule has 0 N–H and O–H groups in total. The fourth-order valence-corrected chi connectivity index (χ4v) is 9.19. The summed E-state index contributed by atoms with van der Waals surface area (Å²) in [5.74, 6) is 6.68. The lowest BCUT2D eigenvalue weighted by Crippen LogP contribution is -2.55. The van der Waals surface area contributed by atoms with E-state index in [-0.39, 0.29) is 11.9 Å². The average Bonchev–Trinajstić information content (AvgIpc) is 2.82. The molecule has 2 nitrogen and oxygen atoms in total. The van der Waals surface area contributed by atoms with Crippen LogP contribution in [-0.4, -0.2) is 11.9 Å². The first-order valence-electron chi connectivity index (χ1n) is 14.6. The Kier molecular flexibility index (Phi) is 6.27. The standard InChI is InChI=1S/C31H46O2/c1-3-21(2)25-11-13-27(14-12-25)32-30(29-10-6-8-26-7-4-5-9-28(26)29)33-31-18-22-15-23(19-31)17-24(16-22)20-31/h11-14,21-24,26,28-30H,3-10,15-20H2,1-2H3. The van der Waals surface area contributed by atoms with Crippen LogP contribution in [0.2, 0.25) is 0 Å². The molecule has 4 bridgehead atoms. The van der Waals surface area contributed by atoms with E-state index >= 15 is 0 Å². The van der Waals surface area contributed by atoms with E-state index in [1.54, 1.807) is 0 Å². The van der Waals surface area contributed by atoms with Gasteiger partial charge in [0, 0.05) is 5.92 Å². The first kappa shape index (κ1) is 22.4. The number of hydrogen-bond acceptors (Lipinski definition) is 2. The van der Waals surface area contributed by atoms with E-state index in [0.717, 1.165) is 35.3 Å². The molecular weight excluding hydrogens is 404 g/mol. The van der Waals surface area contributed by atoms with Crippen LogP contribution in [0.4, 0.5) is 0 Å². The molecule has 0 amide bonds. The average molecular weight is 451 g/mol. The second kappa shape index (κ2) is 9.21. The van der Waals surface area contributed by atoms with E-state index < -0.39 is 0 Å². The Morgan fingerprint density at radius 3 is 2.15 bits per heavy atom. The third-order valence-electron chi connectivity index (χ3n) is 10.6. The molecule has 6 fully saturated rings. The van der Waals surface area contributed by atoms with Crippen LogP contribution in [0.1, 0.15) is 115 Å². The molecule has 0 saturated heterocycles. The van der Waals surface area contributed by atoms with Gasteiger partial charge in [0.1, 0.15) is 5.75 Å². The number of ether oxygens (including phenoxy) is 2. The van der Waals surface area contributed by atoms with Crippen molar-refractivity contribution in [3.63, 3.8) is 0 Å². The summed E-state index contributed by atoms with van der Waals surface area (Å²) in [7, 11) is 0. The summed E-state index contributed by atoms with van der Waals surface area (Å²) >= 11 is 0. The second-order valence-corrected chi connectivity index (χ2v) is 12.9. The van der Waals surface area contributed by atoms with Crippen molar-refractivity contribution >= 4 is 0 Å². The number of hydrogen-bond donors (Lipinski definition) is 0. The number of rotatable bonds is 7. The monoisotopic (exact) mass is 450 g/mol. The molecule has 5 unspecified atom stereocenters. The van der Waals surface area contributed by atoms with E-state index in [2.05, 4.69) is 38.1 Å². The van der Waals surface area contributed by atoms with Gasteiger partial charge in [-0.15, -0.1) is 0 Å². The van der Waals surface area contributed by atoms with Crippen LogP contribution in [-0.2, 0) is 4.74 Å². The molecule has 6 aliphatic carbocycles. The zero-order valence-corrected chi connectivity index (χ0v) is 21.1. The largest absolute Gasteiger partial charge is 0.465 e. The predicted molar refractivity (Wildman–Crippen MR) is 134 cm³/mol. The number of fused-ring (bicyclic) bond motifs is 1. The van der Waals surface area contributed by atoms with Crippen molar-refractivity contribution in [1.29, 1.82) is 0 Å². The quantitative estimate of drug-likeness (QED) is 0.388.